The molecule has 0 bridgehead atoms. The van der Waals surface area contributed by atoms with Gasteiger partial charge in [-0.25, -0.2) is 0 Å². The molecule has 0 atom stereocenters. The first-order valence-corrected chi connectivity index (χ1v) is 5.47. The summed E-state index contributed by atoms with van der Waals surface area (Å²) in [5, 5.41) is 0. The van der Waals surface area contributed by atoms with Crippen molar-refractivity contribution in [3.63, 3.8) is 0 Å². The van der Waals surface area contributed by atoms with E-state index in [1.165, 1.54) is 0 Å². The SMILES string of the molecule is CCC1(COCCCCOC)COC1. The van der Waals surface area contributed by atoms with Crippen LogP contribution in [0.2, 0.25) is 0 Å². The Labute approximate surface area is 86.7 Å². The van der Waals surface area contributed by atoms with Crippen LogP contribution in [0.3, 0.4) is 0 Å². The second kappa shape index (κ2) is 6.38. The largest absolute Gasteiger partial charge is 0.385 e. The zero-order chi connectivity index (χ0) is 10.3. The Morgan fingerprint density at radius 1 is 1.21 bits per heavy atom. The fraction of sp³-hybridized carbons (Fsp3) is 1.00. The number of hydrogen-bond acceptors (Lipinski definition) is 3. The number of methoxy groups -OCH3 is 1. The van der Waals surface area contributed by atoms with E-state index in [4.69, 9.17) is 14.2 Å². The molecule has 0 unspecified atom stereocenters. The molecule has 1 aliphatic heterocycles. The Kier molecular flexibility index (Phi) is 5.45. The summed E-state index contributed by atoms with van der Waals surface area (Å²) >= 11 is 0. The van der Waals surface area contributed by atoms with Crippen LogP contribution in [-0.4, -0.2) is 40.1 Å². The minimum absolute atomic E-state index is 0.335. The zero-order valence-electron chi connectivity index (χ0n) is 9.38. The topological polar surface area (TPSA) is 27.7 Å². The highest BCUT2D eigenvalue weighted by Gasteiger charge is 2.36. The highest BCUT2D eigenvalue weighted by molar-refractivity contribution is 4.83. The summed E-state index contributed by atoms with van der Waals surface area (Å²) in [5.74, 6) is 0. The summed E-state index contributed by atoms with van der Waals surface area (Å²) in [5.41, 5.74) is 0.335. The van der Waals surface area contributed by atoms with Crippen molar-refractivity contribution in [2.45, 2.75) is 26.2 Å². The minimum Gasteiger partial charge on any atom is -0.385 e. The lowest BCUT2D eigenvalue weighted by Gasteiger charge is -2.40. The zero-order valence-corrected chi connectivity index (χ0v) is 9.38. The van der Waals surface area contributed by atoms with Gasteiger partial charge in [0.1, 0.15) is 0 Å². The van der Waals surface area contributed by atoms with E-state index in [-0.39, 0.29) is 0 Å². The quantitative estimate of drug-likeness (QED) is 0.562. The summed E-state index contributed by atoms with van der Waals surface area (Å²) in [4.78, 5) is 0. The van der Waals surface area contributed by atoms with Crippen molar-refractivity contribution in [1.82, 2.24) is 0 Å². The molecule has 0 aromatic rings. The van der Waals surface area contributed by atoms with Gasteiger partial charge in [0.15, 0.2) is 0 Å². The molecule has 1 rings (SSSR count). The van der Waals surface area contributed by atoms with Gasteiger partial charge in [0.05, 0.1) is 19.8 Å². The van der Waals surface area contributed by atoms with E-state index in [1.54, 1.807) is 7.11 Å². The van der Waals surface area contributed by atoms with Gasteiger partial charge >= 0.3 is 0 Å². The second-order valence-electron chi connectivity index (χ2n) is 4.10. The standard InChI is InChI=1S/C11H22O3/c1-3-11(9-14-10-11)8-13-7-5-4-6-12-2/h3-10H2,1-2H3. The molecule has 0 spiro atoms. The third-order valence-corrected chi connectivity index (χ3v) is 2.86. The van der Waals surface area contributed by atoms with Crippen LogP contribution in [0.15, 0.2) is 0 Å². The van der Waals surface area contributed by atoms with Crippen molar-refractivity contribution >= 4 is 0 Å². The average Bonchev–Trinajstić information content (AvgIpc) is 2.15. The van der Waals surface area contributed by atoms with Gasteiger partial charge in [-0.3, -0.25) is 0 Å². The molecule has 0 amide bonds. The van der Waals surface area contributed by atoms with Crippen molar-refractivity contribution in [3.05, 3.63) is 0 Å². The normalized spacial score (nSPS) is 19.3. The Morgan fingerprint density at radius 2 is 1.93 bits per heavy atom. The monoisotopic (exact) mass is 202 g/mol. The van der Waals surface area contributed by atoms with E-state index >= 15 is 0 Å². The number of hydrogen-bond donors (Lipinski definition) is 0. The first-order valence-electron chi connectivity index (χ1n) is 5.47. The molecule has 3 nitrogen and oxygen atoms in total. The highest BCUT2D eigenvalue weighted by Crippen LogP contribution is 2.31. The first-order chi connectivity index (χ1) is 6.83. The van der Waals surface area contributed by atoms with Crippen molar-refractivity contribution < 1.29 is 14.2 Å². The molecule has 0 aromatic heterocycles. The third kappa shape index (κ3) is 3.56. The lowest BCUT2D eigenvalue weighted by atomic mass is 9.84. The molecule has 0 radical (unpaired) electrons. The van der Waals surface area contributed by atoms with Crippen molar-refractivity contribution in [1.29, 1.82) is 0 Å². The first kappa shape index (κ1) is 12.0. The lowest BCUT2D eigenvalue weighted by molar-refractivity contribution is -0.150. The number of unbranched alkanes of at least 4 members (excludes halogenated alkanes) is 1. The van der Waals surface area contributed by atoms with E-state index in [0.717, 1.165) is 52.3 Å². The summed E-state index contributed by atoms with van der Waals surface area (Å²) in [6.45, 7) is 6.51. The molecule has 0 N–H and O–H groups in total. The van der Waals surface area contributed by atoms with Gasteiger partial charge in [0.25, 0.3) is 0 Å². The molecule has 14 heavy (non-hydrogen) atoms. The van der Waals surface area contributed by atoms with Crippen LogP contribution in [0.25, 0.3) is 0 Å². The summed E-state index contributed by atoms with van der Waals surface area (Å²) in [7, 11) is 1.73. The summed E-state index contributed by atoms with van der Waals surface area (Å²) < 4.78 is 15.8. The maximum absolute atomic E-state index is 5.64. The van der Waals surface area contributed by atoms with Crippen LogP contribution in [0, 0.1) is 5.41 Å². The molecule has 3 heteroatoms. The van der Waals surface area contributed by atoms with Gasteiger partial charge in [-0.05, 0) is 19.3 Å². The van der Waals surface area contributed by atoms with Gasteiger partial charge in [0.2, 0.25) is 0 Å². The van der Waals surface area contributed by atoms with E-state index in [1.807, 2.05) is 0 Å². The fourth-order valence-electron chi connectivity index (χ4n) is 1.52. The number of rotatable bonds is 8. The summed E-state index contributed by atoms with van der Waals surface area (Å²) in [6.07, 6.45) is 3.34. The van der Waals surface area contributed by atoms with Crippen LogP contribution in [0.4, 0.5) is 0 Å². The predicted octanol–water partition coefficient (Wildman–Crippen LogP) is 1.86. The van der Waals surface area contributed by atoms with Crippen molar-refractivity contribution in [2.75, 3.05) is 40.1 Å². The van der Waals surface area contributed by atoms with Gasteiger partial charge in [-0.2, -0.15) is 0 Å². The molecule has 1 heterocycles. The van der Waals surface area contributed by atoms with Crippen molar-refractivity contribution in [2.24, 2.45) is 5.41 Å². The molecule has 0 aliphatic carbocycles. The predicted molar refractivity (Wildman–Crippen MR) is 55.5 cm³/mol. The Morgan fingerprint density at radius 3 is 2.43 bits per heavy atom. The summed E-state index contributed by atoms with van der Waals surface area (Å²) in [6, 6.07) is 0. The van der Waals surface area contributed by atoms with Gasteiger partial charge in [-0.1, -0.05) is 6.92 Å². The molecule has 84 valence electrons. The lowest BCUT2D eigenvalue weighted by Crippen LogP contribution is -2.45. The second-order valence-corrected chi connectivity index (χ2v) is 4.10. The van der Waals surface area contributed by atoms with Gasteiger partial charge in [-0.15, -0.1) is 0 Å². The Bertz CT molecular complexity index is 138. The molecular weight excluding hydrogens is 180 g/mol. The van der Waals surface area contributed by atoms with Gasteiger partial charge in [0, 0.05) is 25.7 Å². The van der Waals surface area contributed by atoms with Crippen LogP contribution >= 0.6 is 0 Å². The van der Waals surface area contributed by atoms with Crippen LogP contribution in [0.5, 0.6) is 0 Å². The van der Waals surface area contributed by atoms with Crippen molar-refractivity contribution in [3.8, 4) is 0 Å². The van der Waals surface area contributed by atoms with Gasteiger partial charge < -0.3 is 14.2 Å². The van der Waals surface area contributed by atoms with E-state index in [9.17, 15) is 0 Å². The van der Waals surface area contributed by atoms with E-state index in [0.29, 0.717) is 5.41 Å². The molecule has 1 fully saturated rings. The van der Waals surface area contributed by atoms with Crippen LogP contribution in [0.1, 0.15) is 26.2 Å². The molecule has 0 saturated carbocycles. The van der Waals surface area contributed by atoms with E-state index < -0.39 is 0 Å². The van der Waals surface area contributed by atoms with Crippen LogP contribution in [-0.2, 0) is 14.2 Å². The Hall–Kier alpha value is -0.120. The molecular formula is C11H22O3. The highest BCUT2D eigenvalue weighted by atomic mass is 16.5. The third-order valence-electron chi connectivity index (χ3n) is 2.86. The molecule has 0 aromatic carbocycles. The maximum atomic E-state index is 5.64. The molecule has 1 aliphatic rings. The average molecular weight is 202 g/mol. The fourth-order valence-corrected chi connectivity index (χ4v) is 1.52. The minimum atomic E-state index is 0.335. The molecule has 1 saturated heterocycles. The van der Waals surface area contributed by atoms with Crippen LogP contribution < -0.4 is 0 Å². The smallest absolute Gasteiger partial charge is 0.0566 e. The van der Waals surface area contributed by atoms with E-state index in [2.05, 4.69) is 6.92 Å². The Balaban J connectivity index is 1.92. The maximum Gasteiger partial charge on any atom is 0.0566 e. The number of ether oxygens (including phenoxy) is 3.